The zero-order valence-corrected chi connectivity index (χ0v) is 12.9. The molecule has 0 atom stereocenters. The Morgan fingerprint density at radius 1 is 1.14 bits per heavy atom. The normalized spacial score (nSPS) is 16.0. The topological polar surface area (TPSA) is 64.6 Å². The molecule has 1 fully saturated rings. The van der Waals surface area contributed by atoms with Gasteiger partial charge in [-0.2, -0.15) is 0 Å². The van der Waals surface area contributed by atoms with Crippen LogP contribution in [0.5, 0.6) is 0 Å². The van der Waals surface area contributed by atoms with Crippen molar-refractivity contribution < 1.29 is 19.1 Å². The Morgan fingerprint density at radius 3 is 2.14 bits per heavy atom. The number of hydrogen-bond acceptors (Lipinski definition) is 4. The number of ether oxygens (including phenoxy) is 2. The van der Waals surface area contributed by atoms with Gasteiger partial charge in [0.2, 0.25) is 0 Å². The van der Waals surface area contributed by atoms with Gasteiger partial charge in [-0.3, -0.25) is 10.1 Å². The summed E-state index contributed by atoms with van der Waals surface area (Å²) in [7, 11) is 1.40. The van der Waals surface area contributed by atoms with Crippen molar-refractivity contribution in [2.45, 2.75) is 44.6 Å². The molecule has 0 aromatic heterocycles. The highest BCUT2D eigenvalue weighted by Crippen LogP contribution is 2.49. The molecule has 0 bridgehead atoms. The highest BCUT2D eigenvalue weighted by molar-refractivity contribution is 5.87. The fourth-order valence-electron chi connectivity index (χ4n) is 2.23. The zero-order valence-electron chi connectivity index (χ0n) is 12.9. The molecular formula is C16H21NO4. The number of amides is 1. The van der Waals surface area contributed by atoms with Gasteiger partial charge >= 0.3 is 12.1 Å². The first-order valence-corrected chi connectivity index (χ1v) is 6.96. The molecule has 0 saturated heterocycles. The van der Waals surface area contributed by atoms with Crippen LogP contribution < -0.4 is 5.32 Å². The van der Waals surface area contributed by atoms with Crippen molar-refractivity contribution in [2.24, 2.45) is 0 Å². The number of carbonyl (C=O) groups excluding carboxylic acids is 2. The van der Waals surface area contributed by atoms with Gasteiger partial charge in [-0.25, -0.2) is 4.79 Å². The molecule has 21 heavy (non-hydrogen) atoms. The van der Waals surface area contributed by atoms with Gasteiger partial charge in [0.15, 0.2) is 0 Å². The predicted octanol–water partition coefficient (Wildman–Crippen LogP) is 3.24. The number of anilines is 1. The number of esters is 1. The summed E-state index contributed by atoms with van der Waals surface area (Å²) in [5.41, 5.74) is 0.532. The van der Waals surface area contributed by atoms with Gasteiger partial charge in [-0.1, -0.05) is 12.1 Å². The van der Waals surface area contributed by atoms with Crippen molar-refractivity contribution in [1.29, 1.82) is 0 Å². The summed E-state index contributed by atoms with van der Waals surface area (Å²) in [4.78, 5) is 23.5. The first-order valence-electron chi connectivity index (χ1n) is 6.96. The number of nitrogens with one attached hydrogen (secondary N) is 1. The van der Waals surface area contributed by atoms with Crippen molar-refractivity contribution in [3.8, 4) is 0 Å². The lowest BCUT2D eigenvalue weighted by atomic mass is 9.96. The van der Waals surface area contributed by atoms with Gasteiger partial charge in [0.25, 0.3) is 0 Å². The number of carbonyl (C=O) groups is 2. The second-order valence-electron chi connectivity index (χ2n) is 6.28. The van der Waals surface area contributed by atoms with Crippen LogP contribution in [0.25, 0.3) is 0 Å². The quantitative estimate of drug-likeness (QED) is 0.868. The summed E-state index contributed by atoms with van der Waals surface area (Å²) >= 11 is 0. The lowest BCUT2D eigenvalue weighted by molar-refractivity contribution is -0.143. The van der Waals surface area contributed by atoms with Gasteiger partial charge in [0, 0.05) is 5.69 Å². The second-order valence-corrected chi connectivity index (χ2v) is 6.28. The Labute approximate surface area is 124 Å². The summed E-state index contributed by atoms with van der Waals surface area (Å²) in [6.45, 7) is 5.43. The van der Waals surface area contributed by atoms with E-state index >= 15 is 0 Å². The fourth-order valence-corrected chi connectivity index (χ4v) is 2.23. The van der Waals surface area contributed by atoms with E-state index in [9.17, 15) is 9.59 Å². The SMILES string of the molecule is COC(=O)C1(c2ccc(NC(=O)OC(C)(C)C)cc2)CC1. The Hall–Kier alpha value is -2.04. The molecule has 5 heteroatoms. The maximum Gasteiger partial charge on any atom is 0.412 e. The smallest absolute Gasteiger partial charge is 0.412 e. The lowest BCUT2D eigenvalue weighted by Gasteiger charge is -2.20. The van der Waals surface area contributed by atoms with Crippen molar-refractivity contribution in [3.05, 3.63) is 29.8 Å². The molecule has 2 rings (SSSR count). The van der Waals surface area contributed by atoms with E-state index in [4.69, 9.17) is 9.47 Å². The minimum atomic E-state index is -0.535. The first-order chi connectivity index (χ1) is 9.77. The highest BCUT2D eigenvalue weighted by atomic mass is 16.6. The molecule has 0 unspecified atom stereocenters. The number of methoxy groups -OCH3 is 1. The van der Waals surface area contributed by atoms with Crippen LogP contribution in [0.4, 0.5) is 10.5 Å². The van der Waals surface area contributed by atoms with Crippen LogP contribution in [0.1, 0.15) is 39.2 Å². The Bertz CT molecular complexity index is 538. The molecular weight excluding hydrogens is 270 g/mol. The van der Waals surface area contributed by atoms with Gasteiger partial charge in [-0.15, -0.1) is 0 Å². The van der Waals surface area contributed by atoms with Crippen LogP contribution in [0, 0.1) is 0 Å². The molecule has 0 spiro atoms. The van der Waals surface area contributed by atoms with E-state index in [2.05, 4.69) is 5.32 Å². The number of hydrogen-bond donors (Lipinski definition) is 1. The molecule has 0 radical (unpaired) electrons. The molecule has 0 aliphatic heterocycles. The second kappa shape index (κ2) is 5.39. The first kappa shape index (κ1) is 15.4. The third-order valence-corrected chi connectivity index (χ3v) is 3.41. The summed E-state index contributed by atoms with van der Waals surface area (Å²) in [5, 5.41) is 2.66. The van der Waals surface area contributed by atoms with E-state index in [0.29, 0.717) is 5.69 Å². The molecule has 114 valence electrons. The molecule has 1 saturated carbocycles. The summed E-state index contributed by atoms with van der Waals surface area (Å²) in [6, 6.07) is 7.22. The van der Waals surface area contributed by atoms with Crippen molar-refractivity contribution in [3.63, 3.8) is 0 Å². The molecule has 1 N–H and O–H groups in total. The van der Waals surface area contributed by atoms with E-state index in [1.165, 1.54) is 7.11 Å². The van der Waals surface area contributed by atoms with Gasteiger partial charge < -0.3 is 9.47 Å². The monoisotopic (exact) mass is 291 g/mol. The zero-order chi connectivity index (χ0) is 15.7. The minimum absolute atomic E-state index is 0.199. The van der Waals surface area contributed by atoms with Crippen LogP contribution in [0.2, 0.25) is 0 Å². The van der Waals surface area contributed by atoms with Crippen LogP contribution >= 0.6 is 0 Å². The van der Waals surface area contributed by atoms with Crippen molar-refractivity contribution >= 4 is 17.7 Å². The molecule has 5 nitrogen and oxygen atoms in total. The Balaban J connectivity index is 2.03. The molecule has 1 aromatic carbocycles. The van der Waals surface area contributed by atoms with Crippen LogP contribution in [-0.4, -0.2) is 24.8 Å². The fraction of sp³-hybridized carbons (Fsp3) is 0.500. The molecule has 0 heterocycles. The van der Waals surface area contributed by atoms with E-state index in [1.54, 1.807) is 12.1 Å². The van der Waals surface area contributed by atoms with Crippen molar-refractivity contribution in [2.75, 3.05) is 12.4 Å². The summed E-state index contributed by atoms with van der Waals surface area (Å²) in [5.74, 6) is -0.199. The van der Waals surface area contributed by atoms with Gasteiger partial charge in [0.1, 0.15) is 5.60 Å². The average Bonchev–Trinajstić information content (AvgIpc) is 3.18. The number of rotatable bonds is 3. The van der Waals surface area contributed by atoms with Gasteiger partial charge in [-0.05, 0) is 51.3 Å². The average molecular weight is 291 g/mol. The highest BCUT2D eigenvalue weighted by Gasteiger charge is 2.52. The van der Waals surface area contributed by atoms with E-state index < -0.39 is 17.1 Å². The summed E-state index contributed by atoms with van der Waals surface area (Å²) in [6.07, 6.45) is 1.11. The Morgan fingerprint density at radius 2 is 1.71 bits per heavy atom. The van der Waals surface area contributed by atoms with E-state index in [1.807, 2.05) is 32.9 Å². The van der Waals surface area contributed by atoms with Crippen LogP contribution in [-0.2, 0) is 19.7 Å². The van der Waals surface area contributed by atoms with Crippen molar-refractivity contribution in [1.82, 2.24) is 0 Å². The maximum atomic E-state index is 11.8. The van der Waals surface area contributed by atoms with Crippen LogP contribution in [0.3, 0.4) is 0 Å². The summed E-state index contributed by atoms with van der Waals surface area (Å²) < 4.78 is 10.0. The number of benzene rings is 1. The lowest BCUT2D eigenvalue weighted by Crippen LogP contribution is -2.27. The van der Waals surface area contributed by atoms with E-state index in [-0.39, 0.29) is 5.97 Å². The molecule has 1 aliphatic rings. The van der Waals surface area contributed by atoms with Crippen LogP contribution in [0.15, 0.2) is 24.3 Å². The van der Waals surface area contributed by atoms with Gasteiger partial charge in [0.05, 0.1) is 12.5 Å². The predicted molar refractivity (Wildman–Crippen MR) is 79.2 cm³/mol. The largest absolute Gasteiger partial charge is 0.468 e. The Kier molecular flexibility index (Phi) is 3.94. The minimum Gasteiger partial charge on any atom is -0.468 e. The molecule has 1 aliphatic carbocycles. The van der Waals surface area contributed by atoms with E-state index in [0.717, 1.165) is 18.4 Å². The third kappa shape index (κ3) is 3.54. The third-order valence-electron chi connectivity index (χ3n) is 3.41. The standard InChI is InChI=1S/C16H21NO4/c1-15(2,3)21-14(19)17-12-7-5-11(6-8-12)16(9-10-16)13(18)20-4/h5-8H,9-10H2,1-4H3,(H,17,19). The maximum absolute atomic E-state index is 11.8. The molecule has 1 aromatic rings. The molecule has 1 amide bonds.